The van der Waals surface area contributed by atoms with Crippen LogP contribution in [0.3, 0.4) is 0 Å². The third-order valence-corrected chi connectivity index (χ3v) is 6.53. The third-order valence-electron chi connectivity index (χ3n) is 5.51. The number of para-hydroxylation sites is 1. The molecule has 4 aromatic carbocycles. The van der Waals surface area contributed by atoms with Crippen molar-refractivity contribution in [3.8, 4) is 11.5 Å². The minimum absolute atomic E-state index is 0.102. The van der Waals surface area contributed by atoms with Crippen molar-refractivity contribution < 1.29 is 19.1 Å². The topological polar surface area (TPSA) is 64.6 Å². The van der Waals surface area contributed by atoms with Gasteiger partial charge in [0.2, 0.25) is 5.91 Å². The average molecular weight is 512 g/mol. The quantitative estimate of drug-likeness (QED) is 0.220. The number of hydrogen-bond acceptors (Lipinski definition) is 5. The van der Waals surface area contributed by atoms with E-state index in [9.17, 15) is 9.59 Å². The molecule has 0 bridgehead atoms. The molecule has 0 saturated carbocycles. The molecule has 0 radical (unpaired) electrons. The predicted octanol–water partition coefficient (Wildman–Crippen LogP) is 6.08. The van der Waals surface area contributed by atoms with Crippen molar-refractivity contribution in [1.82, 2.24) is 5.32 Å². The van der Waals surface area contributed by atoms with Gasteiger partial charge in [0.05, 0.1) is 19.0 Å². The molecular formula is C31H29NO4S. The van der Waals surface area contributed by atoms with Crippen molar-refractivity contribution in [3.05, 3.63) is 126 Å². The fourth-order valence-corrected chi connectivity index (χ4v) is 4.34. The standard InChI is InChI=1S/C31H29NO4S/c33-30(20-24-16-18-27(19-17-24)36-26-12-6-2-7-13-26)29(22-35-21-25-10-4-1-5-11-25)32-31(34)23-37-28-14-8-3-9-15-28/h1-19,29H,20-23H2,(H,32,34). The second-order valence-electron chi connectivity index (χ2n) is 8.42. The van der Waals surface area contributed by atoms with Gasteiger partial charge < -0.3 is 14.8 Å². The number of amides is 1. The van der Waals surface area contributed by atoms with E-state index in [-0.39, 0.29) is 30.5 Å². The predicted molar refractivity (Wildman–Crippen MR) is 147 cm³/mol. The zero-order chi connectivity index (χ0) is 25.7. The maximum atomic E-state index is 13.2. The second-order valence-corrected chi connectivity index (χ2v) is 9.47. The average Bonchev–Trinajstić information content (AvgIpc) is 2.94. The van der Waals surface area contributed by atoms with Crippen LogP contribution in [0.4, 0.5) is 0 Å². The Morgan fingerprint density at radius 2 is 1.30 bits per heavy atom. The Kier molecular flexibility index (Phi) is 9.93. The van der Waals surface area contributed by atoms with Crippen molar-refractivity contribution in [2.45, 2.75) is 24.0 Å². The first-order chi connectivity index (χ1) is 18.2. The molecule has 1 N–H and O–H groups in total. The number of thioether (sulfide) groups is 1. The minimum atomic E-state index is -0.743. The van der Waals surface area contributed by atoms with Crippen molar-refractivity contribution in [3.63, 3.8) is 0 Å². The van der Waals surface area contributed by atoms with Gasteiger partial charge in [0.15, 0.2) is 5.78 Å². The van der Waals surface area contributed by atoms with E-state index in [0.717, 1.165) is 21.8 Å². The molecule has 5 nitrogen and oxygen atoms in total. The van der Waals surface area contributed by atoms with Crippen molar-refractivity contribution >= 4 is 23.5 Å². The lowest BCUT2D eigenvalue weighted by atomic mass is 10.0. The number of Topliss-reactive ketones (excluding diaryl/α,β-unsaturated/α-hetero) is 1. The van der Waals surface area contributed by atoms with E-state index in [1.165, 1.54) is 11.8 Å². The Labute approximate surface area is 221 Å². The van der Waals surface area contributed by atoms with E-state index in [1.54, 1.807) is 0 Å². The number of carbonyl (C=O) groups excluding carboxylic acids is 2. The van der Waals surface area contributed by atoms with Gasteiger partial charge in [-0.25, -0.2) is 0 Å². The Balaban J connectivity index is 1.35. The second kappa shape index (κ2) is 14.0. The molecule has 37 heavy (non-hydrogen) atoms. The van der Waals surface area contributed by atoms with Gasteiger partial charge in [-0.1, -0.05) is 78.9 Å². The van der Waals surface area contributed by atoms with Gasteiger partial charge in [0, 0.05) is 11.3 Å². The lowest BCUT2D eigenvalue weighted by Gasteiger charge is -2.18. The highest BCUT2D eigenvalue weighted by atomic mass is 32.2. The number of ketones is 1. The van der Waals surface area contributed by atoms with Crippen LogP contribution in [0.1, 0.15) is 11.1 Å². The summed E-state index contributed by atoms with van der Waals surface area (Å²) in [5, 5.41) is 2.88. The first-order valence-corrected chi connectivity index (χ1v) is 13.1. The summed E-state index contributed by atoms with van der Waals surface area (Å²) in [7, 11) is 0. The highest BCUT2D eigenvalue weighted by molar-refractivity contribution is 8.00. The highest BCUT2D eigenvalue weighted by Gasteiger charge is 2.21. The van der Waals surface area contributed by atoms with Crippen LogP contribution in [-0.4, -0.2) is 30.1 Å². The number of benzene rings is 4. The SMILES string of the molecule is O=C(CSc1ccccc1)NC(COCc1ccccc1)C(=O)Cc1ccc(Oc2ccccc2)cc1. The first-order valence-electron chi connectivity index (χ1n) is 12.1. The highest BCUT2D eigenvalue weighted by Crippen LogP contribution is 2.21. The zero-order valence-corrected chi connectivity index (χ0v) is 21.2. The van der Waals surface area contributed by atoms with Crippen LogP contribution in [0.15, 0.2) is 120 Å². The van der Waals surface area contributed by atoms with Crippen LogP contribution in [0, 0.1) is 0 Å². The van der Waals surface area contributed by atoms with Gasteiger partial charge >= 0.3 is 0 Å². The Bertz CT molecular complexity index is 1250. The van der Waals surface area contributed by atoms with E-state index < -0.39 is 6.04 Å². The van der Waals surface area contributed by atoms with Crippen LogP contribution < -0.4 is 10.1 Å². The monoisotopic (exact) mass is 511 g/mol. The van der Waals surface area contributed by atoms with E-state index >= 15 is 0 Å². The largest absolute Gasteiger partial charge is 0.457 e. The molecule has 1 amide bonds. The van der Waals surface area contributed by atoms with E-state index in [4.69, 9.17) is 9.47 Å². The molecule has 4 rings (SSSR count). The smallest absolute Gasteiger partial charge is 0.231 e. The van der Waals surface area contributed by atoms with Crippen molar-refractivity contribution in [2.75, 3.05) is 12.4 Å². The number of carbonyl (C=O) groups is 2. The summed E-state index contributed by atoms with van der Waals surface area (Å²) in [5.74, 6) is 1.34. The van der Waals surface area contributed by atoms with E-state index in [2.05, 4.69) is 5.32 Å². The lowest BCUT2D eigenvalue weighted by molar-refractivity contribution is -0.127. The van der Waals surface area contributed by atoms with E-state index in [0.29, 0.717) is 12.4 Å². The molecule has 0 aromatic heterocycles. The van der Waals surface area contributed by atoms with E-state index in [1.807, 2.05) is 115 Å². The molecule has 1 unspecified atom stereocenters. The Morgan fingerprint density at radius 3 is 1.97 bits per heavy atom. The molecule has 0 aliphatic rings. The molecule has 1 atom stereocenters. The van der Waals surface area contributed by atoms with Gasteiger partial charge in [0.25, 0.3) is 0 Å². The number of nitrogens with one attached hydrogen (secondary N) is 1. The number of hydrogen-bond donors (Lipinski definition) is 1. The lowest BCUT2D eigenvalue weighted by Crippen LogP contribution is -2.45. The van der Waals surface area contributed by atoms with Gasteiger partial charge in [-0.15, -0.1) is 11.8 Å². The maximum Gasteiger partial charge on any atom is 0.231 e. The normalized spacial score (nSPS) is 11.5. The molecule has 0 fully saturated rings. The summed E-state index contributed by atoms with van der Waals surface area (Å²) in [5.41, 5.74) is 1.85. The molecule has 0 aliphatic heterocycles. The Hall–Kier alpha value is -3.87. The number of ether oxygens (including phenoxy) is 2. The number of rotatable bonds is 13. The first kappa shape index (κ1) is 26.2. The van der Waals surface area contributed by atoms with Crippen LogP contribution in [0.5, 0.6) is 11.5 Å². The molecule has 4 aromatic rings. The van der Waals surface area contributed by atoms with Crippen molar-refractivity contribution in [1.29, 1.82) is 0 Å². The molecule has 0 spiro atoms. The van der Waals surface area contributed by atoms with Crippen LogP contribution >= 0.6 is 11.8 Å². The van der Waals surface area contributed by atoms with Crippen LogP contribution in [0.25, 0.3) is 0 Å². The van der Waals surface area contributed by atoms with Crippen LogP contribution in [-0.2, 0) is 27.4 Å². The Morgan fingerprint density at radius 1 is 0.703 bits per heavy atom. The maximum absolute atomic E-state index is 13.2. The molecule has 188 valence electrons. The van der Waals surface area contributed by atoms with Crippen molar-refractivity contribution in [2.24, 2.45) is 0 Å². The summed E-state index contributed by atoms with van der Waals surface area (Å²) in [6, 6.07) is 35.6. The fraction of sp³-hybridized carbons (Fsp3) is 0.161. The summed E-state index contributed by atoms with van der Waals surface area (Å²) in [4.78, 5) is 26.9. The zero-order valence-electron chi connectivity index (χ0n) is 20.4. The fourth-order valence-electron chi connectivity index (χ4n) is 3.61. The summed E-state index contributed by atoms with van der Waals surface area (Å²) in [6.45, 7) is 0.468. The van der Waals surface area contributed by atoms with Gasteiger partial charge in [0.1, 0.15) is 17.5 Å². The summed E-state index contributed by atoms with van der Waals surface area (Å²) >= 11 is 1.43. The molecule has 6 heteroatoms. The van der Waals surface area contributed by atoms with Gasteiger partial charge in [-0.05, 0) is 47.5 Å². The van der Waals surface area contributed by atoms with Crippen LogP contribution in [0.2, 0.25) is 0 Å². The third kappa shape index (κ3) is 8.94. The summed E-state index contributed by atoms with van der Waals surface area (Å²) in [6.07, 6.45) is 0.178. The molecule has 0 aliphatic carbocycles. The van der Waals surface area contributed by atoms with Gasteiger partial charge in [-0.2, -0.15) is 0 Å². The molecule has 0 heterocycles. The minimum Gasteiger partial charge on any atom is -0.457 e. The summed E-state index contributed by atoms with van der Waals surface area (Å²) < 4.78 is 11.7. The van der Waals surface area contributed by atoms with Gasteiger partial charge in [-0.3, -0.25) is 9.59 Å². The molecular weight excluding hydrogens is 482 g/mol. The molecule has 0 saturated heterocycles.